The van der Waals surface area contributed by atoms with Gasteiger partial charge in [-0.25, -0.2) is 12.7 Å². The van der Waals surface area contributed by atoms with Crippen LogP contribution < -0.4 is 5.32 Å². The van der Waals surface area contributed by atoms with E-state index in [1.165, 1.54) is 15.4 Å². The average Bonchev–Trinajstić information content (AvgIpc) is 2.74. The molecule has 2 unspecified atom stereocenters. The summed E-state index contributed by atoms with van der Waals surface area (Å²) in [4.78, 5) is 13.0. The lowest BCUT2D eigenvalue weighted by atomic mass is 9.87. The number of benzene rings is 2. The third-order valence-corrected chi connectivity index (χ3v) is 7.84. The number of amides is 1. The number of nitrogens with zero attached hydrogens (tertiary/aromatic N) is 1. The van der Waals surface area contributed by atoms with E-state index >= 15 is 0 Å². The van der Waals surface area contributed by atoms with Crippen LogP contribution in [-0.4, -0.2) is 31.7 Å². The molecule has 0 spiro atoms. The number of piperidine rings is 1. The summed E-state index contributed by atoms with van der Waals surface area (Å²) < 4.78 is 27.2. The lowest BCUT2D eigenvalue weighted by molar-refractivity contribution is -0.127. The van der Waals surface area contributed by atoms with Crippen LogP contribution in [0.25, 0.3) is 0 Å². The molecule has 5 nitrogen and oxygen atoms in total. The molecular formula is C23H28N2O3S. The molecule has 1 saturated heterocycles. The van der Waals surface area contributed by atoms with Crippen molar-refractivity contribution in [3.63, 3.8) is 0 Å². The molecule has 2 aliphatic rings. The molecule has 1 aliphatic heterocycles. The van der Waals surface area contributed by atoms with E-state index < -0.39 is 10.0 Å². The Bertz CT molecular complexity index is 959. The van der Waals surface area contributed by atoms with Gasteiger partial charge in [-0.2, -0.15) is 0 Å². The monoisotopic (exact) mass is 412 g/mol. The highest BCUT2D eigenvalue weighted by Gasteiger charge is 2.33. The van der Waals surface area contributed by atoms with Crippen molar-refractivity contribution in [2.45, 2.75) is 43.9 Å². The molecule has 0 bridgehead atoms. The molecule has 6 heteroatoms. The normalized spacial score (nSPS) is 22.6. The number of carbonyl (C=O) groups is 1. The van der Waals surface area contributed by atoms with Crippen LogP contribution in [0.4, 0.5) is 0 Å². The number of hydrogen-bond donors (Lipinski definition) is 1. The van der Waals surface area contributed by atoms with Crippen LogP contribution in [0.15, 0.2) is 54.6 Å². The van der Waals surface area contributed by atoms with Crippen molar-refractivity contribution in [3.05, 3.63) is 71.3 Å². The van der Waals surface area contributed by atoms with Gasteiger partial charge in [-0.3, -0.25) is 4.79 Å². The Kier molecular flexibility index (Phi) is 6.01. The van der Waals surface area contributed by atoms with E-state index in [2.05, 4.69) is 17.4 Å². The van der Waals surface area contributed by atoms with E-state index in [0.29, 0.717) is 13.0 Å². The first-order valence-electron chi connectivity index (χ1n) is 10.4. The number of hydrogen-bond acceptors (Lipinski definition) is 3. The number of nitrogens with one attached hydrogen (secondary N) is 1. The minimum absolute atomic E-state index is 0.0157. The van der Waals surface area contributed by atoms with Gasteiger partial charge in [-0.05, 0) is 48.8 Å². The maximum atomic E-state index is 13.0. The van der Waals surface area contributed by atoms with Crippen molar-refractivity contribution in [3.8, 4) is 0 Å². The van der Waals surface area contributed by atoms with E-state index in [0.717, 1.165) is 31.2 Å². The molecule has 1 aliphatic carbocycles. The molecule has 0 saturated carbocycles. The molecule has 1 fully saturated rings. The van der Waals surface area contributed by atoms with Crippen LogP contribution >= 0.6 is 0 Å². The Morgan fingerprint density at radius 1 is 1.00 bits per heavy atom. The van der Waals surface area contributed by atoms with Gasteiger partial charge in [0.05, 0.1) is 17.7 Å². The van der Waals surface area contributed by atoms with Gasteiger partial charge in [0.25, 0.3) is 0 Å². The Hall–Kier alpha value is -2.18. The van der Waals surface area contributed by atoms with Gasteiger partial charge in [0.1, 0.15) is 0 Å². The fourth-order valence-electron chi connectivity index (χ4n) is 4.48. The third kappa shape index (κ3) is 4.70. The molecule has 2 atom stereocenters. The number of carbonyl (C=O) groups excluding carboxylic acids is 1. The van der Waals surface area contributed by atoms with Crippen molar-refractivity contribution in [1.29, 1.82) is 0 Å². The largest absolute Gasteiger partial charge is 0.349 e. The highest BCUT2D eigenvalue weighted by atomic mass is 32.2. The summed E-state index contributed by atoms with van der Waals surface area (Å²) >= 11 is 0. The summed E-state index contributed by atoms with van der Waals surface area (Å²) in [5.41, 5.74) is 3.29. The molecule has 0 aromatic heterocycles. The highest BCUT2D eigenvalue weighted by molar-refractivity contribution is 7.88. The van der Waals surface area contributed by atoms with Crippen LogP contribution in [-0.2, 0) is 27.0 Å². The van der Waals surface area contributed by atoms with Gasteiger partial charge in [0.2, 0.25) is 15.9 Å². The second kappa shape index (κ2) is 8.67. The second-order valence-electron chi connectivity index (χ2n) is 8.09. The zero-order valence-electron chi connectivity index (χ0n) is 16.6. The Morgan fingerprint density at radius 2 is 1.76 bits per heavy atom. The predicted molar refractivity (Wildman–Crippen MR) is 114 cm³/mol. The summed E-state index contributed by atoms with van der Waals surface area (Å²) in [6, 6.07) is 17.5. The number of rotatable bonds is 5. The molecule has 2 aromatic rings. The molecule has 154 valence electrons. The zero-order chi connectivity index (χ0) is 20.3. The summed E-state index contributed by atoms with van der Waals surface area (Å²) in [5.74, 6) is -0.326. The van der Waals surface area contributed by atoms with Crippen LogP contribution in [0.3, 0.4) is 0 Å². The van der Waals surface area contributed by atoms with Gasteiger partial charge in [-0.1, -0.05) is 54.6 Å². The Morgan fingerprint density at radius 3 is 2.59 bits per heavy atom. The number of aryl methyl sites for hydroxylation is 1. The van der Waals surface area contributed by atoms with Gasteiger partial charge in [-0.15, -0.1) is 0 Å². The lowest BCUT2D eigenvalue weighted by Crippen LogP contribution is -2.46. The lowest BCUT2D eigenvalue weighted by Gasteiger charge is -2.33. The minimum Gasteiger partial charge on any atom is -0.349 e. The van der Waals surface area contributed by atoms with E-state index in [9.17, 15) is 13.2 Å². The van der Waals surface area contributed by atoms with E-state index in [1.807, 2.05) is 42.5 Å². The molecule has 0 radical (unpaired) electrons. The van der Waals surface area contributed by atoms with Crippen molar-refractivity contribution in [1.82, 2.24) is 9.62 Å². The van der Waals surface area contributed by atoms with E-state index in [-0.39, 0.29) is 30.2 Å². The molecule has 4 rings (SSSR count). The highest BCUT2D eigenvalue weighted by Crippen LogP contribution is 2.30. The summed E-state index contributed by atoms with van der Waals surface area (Å²) in [6.07, 6.45) is 4.50. The smallest absolute Gasteiger partial charge is 0.224 e. The van der Waals surface area contributed by atoms with Crippen molar-refractivity contribution < 1.29 is 13.2 Å². The van der Waals surface area contributed by atoms with E-state index in [1.54, 1.807) is 0 Å². The maximum absolute atomic E-state index is 13.0. The maximum Gasteiger partial charge on any atom is 0.224 e. The van der Waals surface area contributed by atoms with Gasteiger partial charge in [0, 0.05) is 13.1 Å². The third-order valence-electron chi connectivity index (χ3n) is 6.03. The fraction of sp³-hybridized carbons (Fsp3) is 0.435. The average molecular weight is 413 g/mol. The number of sulfonamides is 1. The molecule has 1 amide bonds. The van der Waals surface area contributed by atoms with Crippen LogP contribution in [0.5, 0.6) is 0 Å². The van der Waals surface area contributed by atoms with Gasteiger partial charge >= 0.3 is 0 Å². The molecule has 29 heavy (non-hydrogen) atoms. The molecule has 2 aromatic carbocycles. The van der Waals surface area contributed by atoms with Crippen LogP contribution in [0.2, 0.25) is 0 Å². The van der Waals surface area contributed by atoms with Crippen molar-refractivity contribution in [2.75, 3.05) is 13.1 Å². The zero-order valence-corrected chi connectivity index (χ0v) is 17.4. The fourth-order valence-corrected chi connectivity index (χ4v) is 6.09. The molecule has 1 N–H and O–H groups in total. The molecular weight excluding hydrogens is 384 g/mol. The molecule has 1 heterocycles. The first-order chi connectivity index (χ1) is 14.0. The minimum atomic E-state index is -3.43. The van der Waals surface area contributed by atoms with Gasteiger partial charge < -0.3 is 5.32 Å². The van der Waals surface area contributed by atoms with Gasteiger partial charge in [0.15, 0.2) is 0 Å². The second-order valence-corrected chi connectivity index (χ2v) is 10.1. The van der Waals surface area contributed by atoms with Crippen LogP contribution in [0, 0.1) is 5.92 Å². The predicted octanol–water partition coefficient (Wildman–Crippen LogP) is 3.42. The summed E-state index contributed by atoms with van der Waals surface area (Å²) in [7, 11) is -3.43. The summed E-state index contributed by atoms with van der Waals surface area (Å²) in [6.45, 7) is 0.764. The van der Waals surface area contributed by atoms with Crippen molar-refractivity contribution in [2.24, 2.45) is 5.92 Å². The van der Waals surface area contributed by atoms with Crippen LogP contribution in [0.1, 0.15) is 48.4 Å². The number of fused-ring (bicyclic) bond motifs is 1. The quantitative estimate of drug-likeness (QED) is 0.818. The topological polar surface area (TPSA) is 66.5 Å². The first-order valence-corrected chi connectivity index (χ1v) is 12.0. The van der Waals surface area contributed by atoms with Crippen molar-refractivity contribution >= 4 is 15.9 Å². The standard InChI is InChI=1S/C23H28N2O3S/c26-23(24-22-14-6-11-19-10-4-5-13-21(19)22)20-12-7-15-25(16-20)29(27,28)17-18-8-2-1-3-9-18/h1-5,8-10,13,20,22H,6-7,11-12,14-17H2,(H,24,26). The SMILES string of the molecule is O=C(NC1CCCc2ccccc21)C1CCCN(S(=O)(=O)Cc2ccccc2)C1. The summed E-state index contributed by atoms with van der Waals surface area (Å²) in [5, 5.41) is 3.21. The van der Waals surface area contributed by atoms with E-state index in [4.69, 9.17) is 0 Å². The first kappa shape index (κ1) is 20.1. The Balaban J connectivity index is 1.41. The Labute approximate surface area is 173 Å².